The van der Waals surface area contributed by atoms with E-state index < -0.39 is 6.10 Å². The molecule has 1 aliphatic rings. The maximum atomic E-state index is 11.4. The lowest BCUT2D eigenvalue weighted by Crippen LogP contribution is -2.19. The number of hydrogen-bond acceptors (Lipinski definition) is 2. The van der Waals surface area contributed by atoms with Crippen molar-refractivity contribution in [2.75, 3.05) is 5.32 Å². The van der Waals surface area contributed by atoms with E-state index in [0.717, 1.165) is 38.8 Å². The van der Waals surface area contributed by atoms with Gasteiger partial charge in [-0.3, -0.25) is 4.79 Å². The van der Waals surface area contributed by atoms with Crippen LogP contribution >= 0.6 is 15.9 Å². The molecule has 108 valence electrons. The van der Waals surface area contributed by atoms with Gasteiger partial charge in [0.1, 0.15) is 6.10 Å². The Morgan fingerprint density at radius 1 is 1.19 bits per heavy atom. The summed E-state index contributed by atoms with van der Waals surface area (Å²) in [6, 6.07) is 11.6. The SMILES string of the molecule is Cc1ccc(Br)cc1C(O)c1ccc2c(c1)CCC(=O)N2. The predicted molar refractivity (Wildman–Crippen MR) is 86.3 cm³/mol. The smallest absolute Gasteiger partial charge is 0.224 e. The highest BCUT2D eigenvalue weighted by molar-refractivity contribution is 9.10. The van der Waals surface area contributed by atoms with Gasteiger partial charge in [-0.15, -0.1) is 0 Å². The number of hydrogen-bond donors (Lipinski definition) is 2. The molecule has 2 aromatic rings. The molecule has 2 aromatic carbocycles. The highest BCUT2D eigenvalue weighted by Crippen LogP contribution is 2.31. The van der Waals surface area contributed by atoms with Crippen LogP contribution in [0.1, 0.15) is 34.8 Å². The molecule has 0 fully saturated rings. The van der Waals surface area contributed by atoms with Crippen molar-refractivity contribution >= 4 is 27.5 Å². The number of aliphatic hydroxyl groups excluding tert-OH is 1. The van der Waals surface area contributed by atoms with Gasteiger partial charge < -0.3 is 10.4 Å². The largest absolute Gasteiger partial charge is 0.384 e. The Morgan fingerprint density at radius 3 is 2.81 bits per heavy atom. The van der Waals surface area contributed by atoms with Crippen LogP contribution < -0.4 is 5.32 Å². The summed E-state index contributed by atoms with van der Waals surface area (Å²) in [6.45, 7) is 1.99. The third kappa shape index (κ3) is 2.87. The van der Waals surface area contributed by atoms with Crippen LogP contribution in [-0.4, -0.2) is 11.0 Å². The summed E-state index contributed by atoms with van der Waals surface area (Å²) in [5, 5.41) is 13.5. The minimum atomic E-state index is -0.662. The fourth-order valence-electron chi connectivity index (χ4n) is 2.66. The van der Waals surface area contributed by atoms with Crippen molar-refractivity contribution in [2.24, 2.45) is 0 Å². The molecule has 4 heteroatoms. The fourth-order valence-corrected chi connectivity index (χ4v) is 3.04. The zero-order chi connectivity index (χ0) is 15.0. The summed E-state index contributed by atoms with van der Waals surface area (Å²) < 4.78 is 0.951. The van der Waals surface area contributed by atoms with E-state index in [2.05, 4.69) is 21.2 Å². The van der Waals surface area contributed by atoms with Crippen molar-refractivity contribution in [1.29, 1.82) is 0 Å². The number of rotatable bonds is 2. The average molecular weight is 346 g/mol. The second-order valence-corrected chi connectivity index (χ2v) is 6.28. The van der Waals surface area contributed by atoms with Crippen LogP contribution in [0.2, 0.25) is 0 Å². The van der Waals surface area contributed by atoms with Gasteiger partial charge in [0.2, 0.25) is 5.91 Å². The van der Waals surface area contributed by atoms with Crippen LogP contribution in [0.15, 0.2) is 40.9 Å². The van der Waals surface area contributed by atoms with E-state index >= 15 is 0 Å². The number of halogens is 1. The van der Waals surface area contributed by atoms with Crippen LogP contribution in [0.5, 0.6) is 0 Å². The number of aliphatic hydroxyl groups is 1. The monoisotopic (exact) mass is 345 g/mol. The number of carbonyl (C=O) groups is 1. The average Bonchev–Trinajstić information content (AvgIpc) is 2.48. The van der Waals surface area contributed by atoms with Crippen LogP contribution in [0.25, 0.3) is 0 Å². The number of fused-ring (bicyclic) bond motifs is 1. The first kappa shape index (κ1) is 14.3. The Hall–Kier alpha value is -1.65. The van der Waals surface area contributed by atoms with E-state index in [-0.39, 0.29) is 5.91 Å². The lowest BCUT2D eigenvalue weighted by Gasteiger charge is -2.20. The summed E-state index contributed by atoms with van der Waals surface area (Å²) >= 11 is 3.45. The zero-order valence-electron chi connectivity index (χ0n) is 11.7. The van der Waals surface area contributed by atoms with Gasteiger partial charge >= 0.3 is 0 Å². The number of aryl methyl sites for hydroxylation is 2. The molecule has 1 atom stereocenters. The van der Waals surface area contributed by atoms with Gasteiger partial charge in [0.05, 0.1) is 0 Å². The lowest BCUT2D eigenvalue weighted by molar-refractivity contribution is -0.116. The minimum absolute atomic E-state index is 0.0543. The number of anilines is 1. The number of benzene rings is 2. The van der Waals surface area contributed by atoms with Crippen molar-refractivity contribution in [3.8, 4) is 0 Å². The van der Waals surface area contributed by atoms with Gasteiger partial charge in [0.25, 0.3) is 0 Å². The molecule has 0 saturated heterocycles. The molecular weight excluding hydrogens is 330 g/mol. The molecule has 1 amide bonds. The second kappa shape index (κ2) is 5.62. The quantitative estimate of drug-likeness (QED) is 0.871. The van der Waals surface area contributed by atoms with Crippen molar-refractivity contribution in [1.82, 2.24) is 0 Å². The number of amides is 1. The van der Waals surface area contributed by atoms with Crippen molar-refractivity contribution in [3.63, 3.8) is 0 Å². The number of carbonyl (C=O) groups excluding carboxylic acids is 1. The summed E-state index contributed by atoms with van der Waals surface area (Å²) in [4.78, 5) is 11.4. The Bertz CT molecular complexity index is 712. The van der Waals surface area contributed by atoms with E-state index in [1.807, 2.05) is 43.3 Å². The number of nitrogens with one attached hydrogen (secondary N) is 1. The molecule has 1 aliphatic heterocycles. The zero-order valence-corrected chi connectivity index (χ0v) is 13.3. The maximum Gasteiger partial charge on any atom is 0.224 e. The topological polar surface area (TPSA) is 49.3 Å². The fraction of sp³-hybridized carbons (Fsp3) is 0.235. The van der Waals surface area contributed by atoms with Crippen molar-refractivity contribution < 1.29 is 9.90 Å². The van der Waals surface area contributed by atoms with Crippen molar-refractivity contribution in [2.45, 2.75) is 25.9 Å². The van der Waals surface area contributed by atoms with Gasteiger partial charge in [0, 0.05) is 16.6 Å². The molecule has 0 aromatic heterocycles. The van der Waals surface area contributed by atoms with E-state index in [0.29, 0.717) is 6.42 Å². The van der Waals surface area contributed by atoms with Crippen LogP contribution in [0.4, 0.5) is 5.69 Å². The predicted octanol–water partition coefficient (Wildman–Crippen LogP) is 3.72. The van der Waals surface area contributed by atoms with Gasteiger partial charge in [0.15, 0.2) is 0 Å². The molecule has 2 N–H and O–H groups in total. The maximum absolute atomic E-state index is 11.4. The molecule has 21 heavy (non-hydrogen) atoms. The third-order valence-electron chi connectivity index (χ3n) is 3.88. The molecular formula is C17H16BrNO2. The molecule has 0 radical (unpaired) electrons. The summed E-state index contributed by atoms with van der Waals surface area (Å²) in [6.07, 6.45) is 0.562. The first-order chi connectivity index (χ1) is 10.0. The molecule has 0 bridgehead atoms. The molecule has 0 spiro atoms. The van der Waals surface area contributed by atoms with E-state index in [1.54, 1.807) is 0 Å². The summed E-state index contributed by atoms with van der Waals surface area (Å²) in [5.41, 5.74) is 4.74. The molecule has 1 heterocycles. The molecule has 1 unspecified atom stereocenters. The van der Waals surface area contributed by atoms with Gasteiger partial charge in [-0.2, -0.15) is 0 Å². The van der Waals surface area contributed by atoms with E-state index in [4.69, 9.17) is 0 Å². The summed E-state index contributed by atoms with van der Waals surface area (Å²) in [7, 11) is 0. The van der Waals surface area contributed by atoms with Crippen LogP contribution in [-0.2, 0) is 11.2 Å². The third-order valence-corrected chi connectivity index (χ3v) is 4.37. The highest BCUT2D eigenvalue weighted by Gasteiger charge is 2.18. The van der Waals surface area contributed by atoms with Crippen LogP contribution in [0.3, 0.4) is 0 Å². The second-order valence-electron chi connectivity index (χ2n) is 5.37. The molecule has 0 saturated carbocycles. The first-order valence-electron chi connectivity index (χ1n) is 6.91. The Morgan fingerprint density at radius 2 is 2.00 bits per heavy atom. The Kier molecular flexibility index (Phi) is 3.83. The Balaban J connectivity index is 1.97. The molecule has 0 aliphatic carbocycles. The standard InChI is InChI=1S/C17H16BrNO2/c1-10-2-5-13(18)9-14(10)17(21)12-3-6-15-11(8-12)4-7-16(20)19-15/h2-3,5-6,8-9,17,21H,4,7H2,1H3,(H,19,20). The minimum Gasteiger partial charge on any atom is -0.384 e. The summed E-state index contributed by atoms with van der Waals surface area (Å²) in [5.74, 6) is 0.0543. The van der Waals surface area contributed by atoms with Gasteiger partial charge in [-0.1, -0.05) is 34.1 Å². The highest BCUT2D eigenvalue weighted by atomic mass is 79.9. The van der Waals surface area contributed by atoms with Crippen LogP contribution in [0, 0.1) is 6.92 Å². The lowest BCUT2D eigenvalue weighted by atomic mass is 9.93. The normalized spacial score (nSPS) is 15.3. The first-order valence-corrected chi connectivity index (χ1v) is 7.70. The van der Waals surface area contributed by atoms with Crippen molar-refractivity contribution in [3.05, 3.63) is 63.1 Å². The van der Waals surface area contributed by atoms with Gasteiger partial charge in [-0.05, 0) is 53.8 Å². The molecule has 3 nitrogen and oxygen atoms in total. The van der Waals surface area contributed by atoms with E-state index in [9.17, 15) is 9.90 Å². The van der Waals surface area contributed by atoms with Gasteiger partial charge in [-0.25, -0.2) is 0 Å². The van der Waals surface area contributed by atoms with E-state index in [1.165, 1.54) is 0 Å². The molecule has 3 rings (SSSR count). The Labute approximate surface area is 132 Å².